The van der Waals surface area contributed by atoms with Gasteiger partial charge in [0.25, 0.3) is 11.8 Å². The molecule has 0 atom stereocenters. The fourth-order valence-corrected chi connectivity index (χ4v) is 3.34. The van der Waals surface area contributed by atoms with E-state index in [0.29, 0.717) is 30.0 Å². The molecular weight excluding hydrogens is 397 g/mol. The van der Waals surface area contributed by atoms with Gasteiger partial charge >= 0.3 is 0 Å². The van der Waals surface area contributed by atoms with Crippen LogP contribution < -0.4 is 20.3 Å². The Hall–Kier alpha value is -3.87. The summed E-state index contributed by atoms with van der Waals surface area (Å²) in [4.78, 5) is 27.0. The second-order valence-corrected chi connectivity index (χ2v) is 7.30. The summed E-state index contributed by atoms with van der Waals surface area (Å²) in [7, 11) is 1.97. The molecule has 0 saturated carbocycles. The van der Waals surface area contributed by atoms with Gasteiger partial charge in [0, 0.05) is 30.4 Å². The first-order valence-corrected chi connectivity index (χ1v) is 9.91. The Kier molecular flexibility index (Phi) is 5.84. The van der Waals surface area contributed by atoms with E-state index in [2.05, 4.69) is 15.5 Å². The van der Waals surface area contributed by atoms with E-state index in [1.165, 1.54) is 24.3 Å². The third kappa shape index (κ3) is 4.83. The number of hydrogen-bond donors (Lipinski definition) is 2. The highest BCUT2D eigenvalue weighted by molar-refractivity contribution is 6.04. The number of ether oxygens (including phenoxy) is 1. The van der Waals surface area contributed by atoms with Crippen LogP contribution in [-0.2, 0) is 6.54 Å². The van der Waals surface area contributed by atoms with Gasteiger partial charge in [-0.15, -0.1) is 0 Å². The molecule has 7 heteroatoms. The Bertz CT molecular complexity index is 1120. The molecule has 1 aliphatic heterocycles. The Balaban J connectivity index is 1.39. The van der Waals surface area contributed by atoms with Crippen LogP contribution in [0.2, 0.25) is 0 Å². The summed E-state index contributed by atoms with van der Waals surface area (Å²) < 4.78 is 18.6. The zero-order valence-electron chi connectivity index (χ0n) is 17.0. The smallest absolute Gasteiger partial charge is 0.255 e. The van der Waals surface area contributed by atoms with Crippen LogP contribution in [0.1, 0.15) is 26.3 Å². The topological polar surface area (TPSA) is 70.7 Å². The van der Waals surface area contributed by atoms with Crippen LogP contribution >= 0.6 is 0 Å². The van der Waals surface area contributed by atoms with E-state index >= 15 is 0 Å². The van der Waals surface area contributed by atoms with Crippen LogP contribution in [0.5, 0.6) is 5.75 Å². The lowest BCUT2D eigenvalue weighted by Crippen LogP contribution is -2.29. The summed E-state index contributed by atoms with van der Waals surface area (Å²) in [5.41, 5.74) is 3.24. The van der Waals surface area contributed by atoms with E-state index in [0.717, 1.165) is 23.5 Å². The average Bonchev–Trinajstić information content (AvgIpc) is 2.78. The van der Waals surface area contributed by atoms with Crippen molar-refractivity contribution in [2.24, 2.45) is 0 Å². The first-order chi connectivity index (χ1) is 15.0. The van der Waals surface area contributed by atoms with Gasteiger partial charge in [-0.3, -0.25) is 9.59 Å². The van der Waals surface area contributed by atoms with E-state index in [1.807, 2.05) is 25.2 Å². The zero-order chi connectivity index (χ0) is 21.8. The molecule has 0 radical (unpaired) electrons. The van der Waals surface area contributed by atoms with Crippen molar-refractivity contribution in [3.8, 4) is 5.75 Å². The van der Waals surface area contributed by atoms with Crippen molar-refractivity contribution in [3.63, 3.8) is 0 Å². The summed E-state index contributed by atoms with van der Waals surface area (Å²) in [6.07, 6.45) is 0. The number of halogens is 1. The van der Waals surface area contributed by atoms with E-state index in [-0.39, 0.29) is 11.8 Å². The normalized spacial score (nSPS) is 12.5. The standard InChI is InChI=1S/C24H22FN3O3/c1-28-11-12-31-22-10-7-18(14-21(22)28)23(29)26-15-16-3-2-4-20(13-16)27-24(30)17-5-8-19(25)9-6-17/h2-10,13-14H,11-12,15H2,1H3,(H,26,29)(H,27,30). The highest BCUT2D eigenvalue weighted by Crippen LogP contribution is 2.31. The number of carbonyl (C=O) groups excluding carboxylic acids is 2. The van der Waals surface area contributed by atoms with E-state index in [1.54, 1.807) is 24.3 Å². The van der Waals surface area contributed by atoms with Gasteiger partial charge in [-0.1, -0.05) is 12.1 Å². The maximum atomic E-state index is 13.0. The molecule has 0 aromatic heterocycles. The maximum absolute atomic E-state index is 13.0. The lowest BCUT2D eigenvalue weighted by molar-refractivity contribution is 0.0950. The number of hydrogen-bond acceptors (Lipinski definition) is 4. The second-order valence-electron chi connectivity index (χ2n) is 7.30. The average molecular weight is 419 g/mol. The third-order valence-corrected chi connectivity index (χ3v) is 5.06. The molecule has 2 N–H and O–H groups in total. The molecule has 1 aliphatic rings. The molecule has 0 fully saturated rings. The van der Waals surface area contributed by atoms with Crippen molar-refractivity contribution in [3.05, 3.63) is 89.2 Å². The fourth-order valence-electron chi connectivity index (χ4n) is 3.34. The molecule has 0 saturated heterocycles. The van der Waals surface area contributed by atoms with Gasteiger partial charge < -0.3 is 20.3 Å². The minimum atomic E-state index is -0.396. The second kappa shape index (κ2) is 8.87. The maximum Gasteiger partial charge on any atom is 0.255 e. The lowest BCUT2D eigenvalue weighted by atomic mass is 10.1. The molecule has 6 nitrogen and oxygen atoms in total. The number of likely N-dealkylation sites (N-methyl/N-ethyl adjacent to an activating group) is 1. The summed E-state index contributed by atoms with van der Waals surface area (Å²) in [6, 6.07) is 17.9. The molecule has 0 spiro atoms. The van der Waals surface area contributed by atoms with Gasteiger partial charge in [0.05, 0.1) is 12.2 Å². The first kappa shape index (κ1) is 20.4. The number of rotatable bonds is 5. The van der Waals surface area contributed by atoms with Crippen molar-refractivity contribution >= 4 is 23.2 Å². The third-order valence-electron chi connectivity index (χ3n) is 5.06. The monoisotopic (exact) mass is 419 g/mol. The molecule has 0 bridgehead atoms. The Morgan fingerprint density at radius 3 is 2.58 bits per heavy atom. The largest absolute Gasteiger partial charge is 0.490 e. The minimum Gasteiger partial charge on any atom is -0.490 e. The fraction of sp³-hybridized carbons (Fsp3) is 0.167. The predicted octanol–water partition coefficient (Wildman–Crippen LogP) is 3.84. The summed E-state index contributed by atoms with van der Waals surface area (Å²) in [5.74, 6) is -0.147. The number of anilines is 2. The van der Waals surface area contributed by atoms with Crippen molar-refractivity contribution in [1.29, 1.82) is 0 Å². The Morgan fingerprint density at radius 2 is 1.77 bits per heavy atom. The van der Waals surface area contributed by atoms with Crippen molar-refractivity contribution in [1.82, 2.24) is 5.32 Å². The van der Waals surface area contributed by atoms with Gasteiger partial charge in [-0.25, -0.2) is 4.39 Å². The van der Waals surface area contributed by atoms with Crippen LogP contribution in [0.3, 0.4) is 0 Å². The number of amides is 2. The van der Waals surface area contributed by atoms with E-state index in [4.69, 9.17) is 4.74 Å². The van der Waals surface area contributed by atoms with Crippen LogP contribution in [0.4, 0.5) is 15.8 Å². The number of carbonyl (C=O) groups is 2. The summed E-state index contributed by atoms with van der Waals surface area (Å²) in [6.45, 7) is 1.71. The molecule has 0 aliphatic carbocycles. The molecule has 0 unspecified atom stereocenters. The van der Waals surface area contributed by atoms with Crippen LogP contribution in [0.15, 0.2) is 66.7 Å². The summed E-state index contributed by atoms with van der Waals surface area (Å²) >= 11 is 0. The highest BCUT2D eigenvalue weighted by atomic mass is 19.1. The lowest BCUT2D eigenvalue weighted by Gasteiger charge is -2.27. The first-order valence-electron chi connectivity index (χ1n) is 9.91. The van der Waals surface area contributed by atoms with E-state index in [9.17, 15) is 14.0 Å². The van der Waals surface area contributed by atoms with Gasteiger partial charge in [-0.05, 0) is 60.2 Å². The number of nitrogens with one attached hydrogen (secondary N) is 2. The van der Waals surface area contributed by atoms with Crippen LogP contribution in [0, 0.1) is 5.82 Å². The molecule has 31 heavy (non-hydrogen) atoms. The highest BCUT2D eigenvalue weighted by Gasteiger charge is 2.17. The van der Waals surface area contributed by atoms with Crippen LogP contribution in [-0.4, -0.2) is 32.0 Å². The van der Waals surface area contributed by atoms with Crippen molar-refractivity contribution in [2.45, 2.75) is 6.54 Å². The molecule has 3 aromatic carbocycles. The van der Waals surface area contributed by atoms with E-state index < -0.39 is 5.82 Å². The number of nitrogens with zero attached hydrogens (tertiary/aromatic N) is 1. The zero-order valence-corrected chi connectivity index (χ0v) is 17.0. The van der Waals surface area contributed by atoms with Crippen LogP contribution in [0.25, 0.3) is 0 Å². The quantitative estimate of drug-likeness (QED) is 0.659. The van der Waals surface area contributed by atoms with Gasteiger partial charge in [0.15, 0.2) is 0 Å². The van der Waals surface area contributed by atoms with Gasteiger partial charge in [0.1, 0.15) is 18.2 Å². The van der Waals surface area contributed by atoms with Crippen molar-refractivity contribution < 1.29 is 18.7 Å². The Morgan fingerprint density at radius 1 is 1.00 bits per heavy atom. The molecule has 1 heterocycles. The van der Waals surface area contributed by atoms with Gasteiger partial charge in [0.2, 0.25) is 0 Å². The van der Waals surface area contributed by atoms with Gasteiger partial charge in [-0.2, -0.15) is 0 Å². The summed E-state index contributed by atoms with van der Waals surface area (Å²) in [5, 5.41) is 5.69. The molecule has 4 rings (SSSR count). The molecule has 158 valence electrons. The SMILES string of the molecule is CN1CCOc2ccc(C(=O)NCc3cccc(NC(=O)c4ccc(F)cc4)c3)cc21. The predicted molar refractivity (Wildman–Crippen MR) is 117 cm³/mol. The number of fused-ring (bicyclic) bond motifs is 1. The Labute approximate surface area is 179 Å². The molecule has 2 amide bonds. The van der Waals surface area contributed by atoms with Crippen molar-refractivity contribution in [2.75, 3.05) is 30.4 Å². The minimum absolute atomic E-state index is 0.192. The number of benzene rings is 3. The molecule has 3 aromatic rings. The molecular formula is C24H22FN3O3.